The predicted octanol–water partition coefficient (Wildman–Crippen LogP) is 8.86. The third kappa shape index (κ3) is 9.04. The molecule has 4 aromatic rings. The number of carbonyl (C=O) groups excluding carboxylic acids is 1. The smallest absolute Gasteiger partial charge is 0.271 e. The van der Waals surface area contributed by atoms with Gasteiger partial charge in [-0.2, -0.15) is 0 Å². The van der Waals surface area contributed by atoms with Gasteiger partial charge in [0, 0.05) is 26.8 Å². The van der Waals surface area contributed by atoms with Crippen LogP contribution in [0.1, 0.15) is 63.5 Å². The van der Waals surface area contributed by atoms with Gasteiger partial charge in [-0.25, -0.2) is 4.98 Å². The average molecular weight is 559 g/mol. The minimum Gasteiger partial charge on any atom is -0.457 e. The second-order valence-corrected chi connectivity index (χ2v) is 9.26. The Morgan fingerprint density at radius 2 is 1.71 bits per heavy atom. The molecule has 4 rings (SSSR count). The minimum absolute atomic E-state index is 0.308. The van der Waals surface area contributed by atoms with Gasteiger partial charge in [-0.3, -0.25) is 4.79 Å². The number of carbonyl (C=O) groups is 1. The van der Waals surface area contributed by atoms with Crippen molar-refractivity contribution in [3.63, 3.8) is 0 Å². The van der Waals surface area contributed by atoms with Crippen LogP contribution < -0.4 is 10.6 Å². The average Bonchev–Trinajstić information content (AvgIpc) is 3.31. The van der Waals surface area contributed by atoms with Crippen LogP contribution in [0.4, 0.5) is 5.69 Å². The summed E-state index contributed by atoms with van der Waals surface area (Å²) in [7, 11) is 0. The van der Waals surface area contributed by atoms with Crippen LogP contribution in [0.15, 0.2) is 81.8 Å². The fourth-order valence-electron chi connectivity index (χ4n) is 2.75. The molecule has 0 saturated carbocycles. The van der Waals surface area contributed by atoms with Gasteiger partial charge in [0.1, 0.15) is 17.0 Å². The lowest BCUT2D eigenvalue weighted by molar-refractivity contribution is 0.0932. The molecule has 2 N–H and O–H groups in total. The summed E-state index contributed by atoms with van der Waals surface area (Å²) in [6.45, 7) is 10.6. The number of amides is 1. The van der Waals surface area contributed by atoms with Crippen molar-refractivity contribution in [1.82, 2.24) is 10.3 Å². The van der Waals surface area contributed by atoms with Crippen molar-refractivity contribution in [2.24, 2.45) is 5.92 Å². The molecule has 0 bridgehead atoms. The van der Waals surface area contributed by atoms with E-state index >= 15 is 0 Å². The Kier molecular flexibility index (Phi) is 11.8. The predicted molar refractivity (Wildman–Crippen MR) is 150 cm³/mol. The Hall–Kier alpha value is -2.83. The summed E-state index contributed by atoms with van der Waals surface area (Å²) in [4.78, 5) is 16.9. The molecule has 0 aliphatic rings. The first kappa shape index (κ1) is 28.4. The summed E-state index contributed by atoms with van der Waals surface area (Å²) >= 11 is 9.29. The molecule has 0 radical (unpaired) electrons. The molecular formula is C28H33BrClN3O2. The van der Waals surface area contributed by atoms with E-state index in [-0.39, 0.29) is 5.91 Å². The second-order valence-electron chi connectivity index (χ2n) is 7.91. The molecule has 1 amide bonds. The first-order valence-electron chi connectivity index (χ1n) is 11.8. The number of aromatic nitrogens is 1. The maximum Gasteiger partial charge on any atom is 0.271 e. The zero-order chi connectivity index (χ0) is 25.8. The summed E-state index contributed by atoms with van der Waals surface area (Å²) in [5.74, 6) is 1.15. The van der Waals surface area contributed by atoms with Gasteiger partial charge >= 0.3 is 0 Å². The topological polar surface area (TPSA) is 67.2 Å². The van der Waals surface area contributed by atoms with Crippen molar-refractivity contribution in [3.05, 3.63) is 93.9 Å². The van der Waals surface area contributed by atoms with E-state index in [0.717, 1.165) is 27.0 Å². The maximum atomic E-state index is 12.7. The number of benzene rings is 2. The van der Waals surface area contributed by atoms with Gasteiger partial charge in [0.15, 0.2) is 6.17 Å². The molecule has 2 heterocycles. The van der Waals surface area contributed by atoms with Crippen LogP contribution in [0, 0.1) is 5.92 Å². The van der Waals surface area contributed by atoms with Crippen molar-refractivity contribution in [2.75, 3.05) is 5.32 Å². The summed E-state index contributed by atoms with van der Waals surface area (Å²) in [6.07, 6.45) is 2.30. The van der Waals surface area contributed by atoms with Crippen LogP contribution in [-0.2, 0) is 0 Å². The minimum atomic E-state index is -0.591. The molecule has 7 heteroatoms. The fourth-order valence-corrected chi connectivity index (χ4v) is 3.11. The molecule has 0 saturated heterocycles. The molecule has 5 nitrogen and oxygen atoms in total. The molecule has 0 fully saturated rings. The number of nitrogens with zero attached hydrogens (tertiary/aromatic N) is 1. The quantitative estimate of drug-likeness (QED) is 0.232. The molecule has 186 valence electrons. The Balaban J connectivity index is 0.000000551. The molecule has 1 atom stereocenters. The lowest BCUT2D eigenvalue weighted by atomic mass is 10.2. The van der Waals surface area contributed by atoms with Crippen molar-refractivity contribution in [2.45, 2.75) is 47.2 Å². The maximum absolute atomic E-state index is 12.7. The second kappa shape index (κ2) is 14.5. The fraction of sp³-hybridized carbons (Fsp3) is 0.286. The van der Waals surface area contributed by atoms with Gasteiger partial charge in [0.05, 0.1) is 0 Å². The highest BCUT2D eigenvalue weighted by atomic mass is 79.9. The zero-order valence-corrected chi connectivity index (χ0v) is 23.2. The summed E-state index contributed by atoms with van der Waals surface area (Å²) in [6, 6.07) is 20.2. The number of furan rings is 1. The lowest BCUT2D eigenvalue weighted by Gasteiger charge is -2.19. The number of fused-ring (bicyclic) bond motifs is 1. The largest absolute Gasteiger partial charge is 0.457 e. The van der Waals surface area contributed by atoms with Crippen LogP contribution in [0.2, 0.25) is 5.02 Å². The number of halogens is 2. The van der Waals surface area contributed by atoms with Crippen LogP contribution in [-0.4, -0.2) is 10.9 Å². The Bertz CT molecular complexity index is 1140. The third-order valence-electron chi connectivity index (χ3n) is 4.94. The number of hydrogen-bond acceptors (Lipinski definition) is 4. The Labute approximate surface area is 221 Å². The normalized spacial score (nSPS) is 11.1. The number of rotatable bonds is 6. The van der Waals surface area contributed by atoms with E-state index in [4.69, 9.17) is 16.0 Å². The summed E-state index contributed by atoms with van der Waals surface area (Å²) in [5.41, 5.74) is 1.84. The number of pyridine rings is 1. The van der Waals surface area contributed by atoms with E-state index in [2.05, 4.69) is 52.3 Å². The zero-order valence-electron chi connectivity index (χ0n) is 20.8. The standard InChI is InChI=1S/C21H15BrClN3O2.C5H12.C2H6/c22-14-5-10-17(24-12-14)21(27)26-20(25-16-8-6-15(23)7-9-16)19-11-13-3-1-2-4-18(13)28-19;1-4-5(2)3;1-2/h1-12,20,25H,(H,26,27);5H,4H2,1-3H3;1-2H3. The van der Waals surface area contributed by atoms with E-state index in [9.17, 15) is 4.79 Å². The van der Waals surface area contributed by atoms with Gasteiger partial charge in [-0.1, -0.05) is 70.8 Å². The molecule has 0 aliphatic carbocycles. The van der Waals surface area contributed by atoms with E-state index in [0.29, 0.717) is 16.5 Å². The first-order valence-corrected chi connectivity index (χ1v) is 13.0. The first-order chi connectivity index (χ1) is 16.9. The van der Waals surface area contributed by atoms with E-state index in [1.165, 1.54) is 6.42 Å². The van der Waals surface area contributed by atoms with Crippen molar-refractivity contribution in [3.8, 4) is 0 Å². The van der Waals surface area contributed by atoms with Crippen molar-refractivity contribution in [1.29, 1.82) is 0 Å². The van der Waals surface area contributed by atoms with Crippen LogP contribution in [0.25, 0.3) is 11.0 Å². The highest BCUT2D eigenvalue weighted by molar-refractivity contribution is 9.10. The highest BCUT2D eigenvalue weighted by Gasteiger charge is 2.20. The van der Waals surface area contributed by atoms with Crippen LogP contribution in [0.3, 0.4) is 0 Å². The van der Waals surface area contributed by atoms with E-state index < -0.39 is 6.17 Å². The SMILES string of the molecule is CC.CCC(C)C.O=C(NC(Nc1ccc(Cl)cc1)c1cc2ccccc2o1)c1ccc(Br)cn1. The summed E-state index contributed by atoms with van der Waals surface area (Å²) in [5, 5.41) is 7.80. The number of anilines is 1. The number of hydrogen-bond donors (Lipinski definition) is 2. The van der Waals surface area contributed by atoms with Gasteiger partial charge in [0.25, 0.3) is 5.91 Å². The van der Waals surface area contributed by atoms with Crippen molar-refractivity contribution >= 4 is 50.1 Å². The molecule has 2 aromatic carbocycles. The van der Waals surface area contributed by atoms with E-state index in [1.807, 2.05) is 56.3 Å². The third-order valence-corrected chi connectivity index (χ3v) is 5.66. The van der Waals surface area contributed by atoms with Crippen LogP contribution in [0.5, 0.6) is 0 Å². The molecule has 0 aliphatic heterocycles. The molecule has 0 spiro atoms. The van der Waals surface area contributed by atoms with Gasteiger partial charge < -0.3 is 15.1 Å². The van der Waals surface area contributed by atoms with Gasteiger partial charge in [0.2, 0.25) is 0 Å². The molecule has 2 aromatic heterocycles. The molecular weight excluding hydrogens is 526 g/mol. The Morgan fingerprint density at radius 3 is 2.29 bits per heavy atom. The van der Waals surface area contributed by atoms with Crippen molar-refractivity contribution < 1.29 is 9.21 Å². The summed E-state index contributed by atoms with van der Waals surface area (Å²) < 4.78 is 6.75. The molecule has 35 heavy (non-hydrogen) atoms. The number of nitrogens with one attached hydrogen (secondary N) is 2. The van der Waals surface area contributed by atoms with Gasteiger partial charge in [-0.15, -0.1) is 0 Å². The monoisotopic (exact) mass is 557 g/mol. The highest BCUT2D eigenvalue weighted by Crippen LogP contribution is 2.26. The van der Waals surface area contributed by atoms with Gasteiger partial charge in [-0.05, 0) is 70.4 Å². The number of para-hydroxylation sites is 1. The van der Waals surface area contributed by atoms with E-state index in [1.54, 1.807) is 30.5 Å². The lowest BCUT2D eigenvalue weighted by Crippen LogP contribution is -2.33. The van der Waals surface area contributed by atoms with Crippen LogP contribution >= 0.6 is 27.5 Å². The Morgan fingerprint density at radius 1 is 1.06 bits per heavy atom. The molecule has 1 unspecified atom stereocenters.